The van der Waals surface area contributed by atoms with Crippen molar-refractivity contribution in [2.45, 2.75) is 32.2 Å². The highest BCUT2D eigenvalue weighted by Crippen LogP contribution is 2.13. The number of nitrogens with zero attached hydrogens (tertiary/aromatic N) is 2. The van der Waals surface area contributed by atoms with Crippen molar-refractivity contribution in [1.82, 2.24) is 9.80 Å². The van der Waals surface area contributed by atoms with E-state index >= 15 is 0 Å². The summed E-state index contributed by atoms with van der Waals surface area (Å²) in [6.45, 7) is 6.66. The van der Waals surface area contributed by atoms with Crippen LogP contribution in [0.15, 0.2) is 0 Å². The summed E-state index contributed by atoms with van der Waals surface area (Å²) < 4.78 is 4.90. The molecule has 0 radical (unpaired) electrons. The summed E-state index contributed by atoms with van der Waals surface area (Å²) in [6, 6.07) is -0.0915. The van der Waals surface area contributed by atoms with Crippen molar-refractivity contribution in [3.05, 3.63) is 0 Å². The first-order valence-electron chi connectivity index (χ1n) is 6.88. The van der Waals surface area contributed by atoms with E-state index in [2.05, 4.69) is 16.7 Å². The van der Waals surface area contributed by atoms with Crippen molar-refractivity contribution in [1.29, 1.82) is 0 Å². The molecule has 0 spiro atoms. The number of carbonyl (C=O) groups excluding carboxylic acids is 1. The number of piperazine rings is 1. The van der Waals surface area contributed by atoms with Crippen LogP contribution in [0, 0.1) is 0 Å². The lowest BCUT2D eigenvalue weighted by atomic mass is 10.1. The SMILES string of the molecule is CCCCC(C(=O)OC)N1CCN(CCO)CC1. The minimum Gasteiger partial charge on any atom is -0.468 e. The highest BCUT2D eigenvalue weighted by atomic mass is 16.5. The van der Waals surface area contributed by atoms with Crippen LogP contribution >= 0.6 is 0 Å². The second kappa shape index (κ2) is 8.45. The molecule has 1 aliphatic rings. The van der Waals surface area contributed by atoms with Gasteiger partial charge in [0, 0.05) is 32.7 Å². The Hall–Kier alpha value is -0.650. The molecule has 0 bridgehead atoms. The Morgan fingerprint density at radius 1 is 1.33 bits per heavy atom. The number of carbonyl (C=O) groups is 1. The van der Waals surface area contributed by atoms with Crippen LogP contribution in [0.1, 0.15) is 26.2 Å². The summed E-state index contributed by atoms with van der Waals surface area (Å²) in [5.41, 5.74) is 0. The van der Waals surface area contributed by atoms with Gasteiger partial charge in [-0.2, -0.15) is 0 Å². The topological polar surface area (TPSA) is 53.0 Å². The largest absolute Gasteiger partial charge is 0.468 e. The number of hydrogen-bond donors (Lipinski definition) is 1. The van der Waals surface area contributed by atoms with Gasteiger partial charge >= 0.3 is 5.97 Å². The van der Waals surface area contributed by atoms with Crippen LogP contribution in [-0.4, -0.2) is 73.4 Å². The van der Waals surface area contributed by atoms with Crippen molar-refractivity contribution in [2.24, 2.45) is 0 Å². The summed E-state index contributed by atoms with van der Waals surface area (Å²) in [4.78, 5) is 16.3. The minimum atomic E-state index is -0.112. The van der Waals surface area contributed by atoms with E-state index in [1.54, 1.807) is 0 Å². The van der Waals surface area contributed by atoms with Crippen LogP contribution in [-0.2, 0) is 9.53 Å². The Morgan fingerprint density at radius 2 is 2.00 bits per heavy atom. The Kier molecular flexibility index (Phi) is 7.23. The van der Waals surface area contributed by atoms with E-state index in [9.17, 15) is 4.79 Å². The maximum absolute atomic E-state index is 11.8. The summed E-state index contributed by atoms with van der Waals surface area (Å²) in [5, 5.41) is 8.91. The number of rotatable bonds is 7. The van der Waals surface area contributed by atoms with Crippen LogP contribution in [0.5, 0.6) is 0 Å². The van der Waals surface area contributed by atoms with E-state index in [-0.39, 0.29) is 18.6 Å². The van der Waals surface area contributed by atoms with E-state index in [4.69, 9.17) is 9.84 Å². The van der Waals surface area contributed by atoms with E-state index in [0.717, 1.165) is 52.0 Å². The van der Waals surface area contributed by atoms with Crippen molar-refractivity contribution in [3.8, 4) is 0 Å². The molecule has 106 valence electrons. The molecule has 0 aromatic carbocycles. The van der Waals surface area contributed by atoms with Gasteiger partial charge in [-0.05, 0) is 6.42 Å². The molecule has 1 rings (SSSR count). The molecule has 1 atom stereocenters. The lowest BCUT2D eigenvalue weighted by Crippen LogP contribution is -2.53. The second-order valence-corrected chi connectivity index (χ2v) is 4.78. The molecule has 0 aliphatic carbocycles. The normalized spacial score (nSPS) is 19.7. The van der Waals surface area contributed by atoms with Crippen molar-refractivity contribution >= 4 is 5.97 Å². The number of esters is 1. The number of unbranched alkanes of at least 4 members (excludes halogenated alkanes) is 1. The van der Waals surface area contributed by atoms with Crippen molar-refractivity contribution in [2.75, 3.05) is 46.4 Å². The van der Waals surface area contributed by atoms with Crippen LogP contribution in [0.4, 0.5) is 0 Å². The average molecular weight is 258 g/mol. The number of ether oxygens (including phenoxy) is 1. The van der Waals surface area contributed by atoms with Crippen LogP contribution in [0.3, 0.4) is 0 Å². The maximum Gasteiger partial charge on any atom is 0.323 e. The third-order valence-corrected chi connectivity index (χ3v) is 3.57. The van der Waals surface area contributed by atoms with E-state index in [0.29, 0.717) is 0 Å². The van der Waals surface area contributed by atoms with Crippen LogP contribution in [0.25, 0.3) is 0 Å². The molecule has 1 heterocycles. The van der Waals surface area contributed by atoms with Gasteiger partial charge in [0.15, 0.2) is 0 Å². The Bertz CT molecular complexity index is 240. The monoisotopic (exact) mass is 258 g/mol. The zero-order valence-corrected chi connectivity index (χ0v) is 11.6. The number of aliphatic hydroxyl groups excluding tert-OH is 1. The molecule has 1 aliphatic heterocycles. The molecular weight excluding hydrogens is 232 g/mol. The number of aliphatic hydroxyl groups is 1. The van der Waals surface area contributed by atoms with E-state index < -0.39 is 0 Å². The van der Waals surface area contributed by atoms with Gasteiger partial charge in [0.25, 0.3) is 0 Å². The van der Waals surface area contributed by atoms with Gasteiger partial charge < -0.3 is 9.84 Å². The Balaban J connectivity index is 2.46. The quantitative estimate of drug-likeness (QED) is 0.667. The van der Waals surface area contributed by atoms with E-state index in [1.165, 1.54) is 7.11 Å². The molecule has 0 aromatic heterocycles. The predicted molar refractivity (Wildman–Crippen MR) is 70.4 cm³/mol. The molecule has 0 amide bonds. The first kappa shape index (κ1) is 15.4. The van der Waals surface area contributed by atoms with Crippen LogP contribution in [0.2, 0.25) is 0 Å². The Labute approximate surface area is 110 Å². The highest BCUT2D eigenvalue weighted by molar-refractivity contribution is 5.75. The van der Waals surface area contributed by atoms with Gasteiger partial charge in [-0.15, -0.1) is 0 Å². The number of hydrogen-bond acceptors (Lipinski definition) is 5. The van der Waals surface area contributed by atoms with Gasteiger partial charge in [-0.25, -0.2) is 0 Å². The van der Waals surface area contributed by atoms with Gasteiger partial charge in [0.05, 0.1) is 13.7 Å². The smallest absolute Gasteiger partial charge is 0.323 e. The summed E-state index contributed by atoms with van der Waals surface area (Å²) in [5.74, 6) is -0.112. The fourth-order valence-electron chi connectivity index (χ4n) is 2.42. The summed E-state index contributed by atoms with van der Waals surface area (Å²) >= 11 is 0. The molecule has 1 unspecified atom stereocenters. The van der Waals surface area contributed by atoms with Gasteiger partial charge in [-0.3, -0.25) is 14.6 Å². The van der Waals surface area contributed by atoms with E-state index in [1.807, 2.05) is 0 Å². The van der Waals surface area contributed by atoms with Crippen LogP contribution < -0.4 is 0 Å². The van der Waals surface area contributed by atoms with Gasteiger partial charge in [-0.1, -0.05) is 19.8 Å². The lowest BCUT2D eigenvalue weighted by molar-refractivity contribution is -0.148. The summed E-state index contributed by atoms with van der Waals surface area (Å²) in [7, 11) is 1.46. The summed E-state index contributed by atoms with van der Waals surface area (Å²) in [6.07, 6.45) is 3.03. The maximum atomic E-state index is 11.8. The first-order valence-corrected chi connectivity index (χ1v) is 6.88. The third-order valence-electron chi connectivity index (χ3n) is 3.57. The molecule has 1 saturated heterocycles. The lowest BCUT2D eigenvalue weighted by Gasteiger charge is -2.37. The molecule has 0 aromatic rings. The molecule has 5 heteroatoms. The molecule has 5 nitrogen and oxygen atoms in total. The molecule has 1 fully saturated rings. The zero-order chi connectivity index (χ0) is 13.4. The standard InChI is InChI=1S/C13H26N2O3/c1-3-4-5-12(13(17)18-2)15-8-6-14(7-9-15)10-11-16/h12,16H,3-11H2,1-2H3. The molecule has 1 N–H and O–H groups in total. The first-order chi connectivity index (χ1) is 8.72. The van der Waals surface area contributed by atoms with Gasteiger partial charge in [0.2, 0.25) is 0 Å². The second-order valence-electron chi connectivity index (χ2n) is 4.78. The zero-order valence-electron chi connectivity index (χ0n) is 11.6. The number of β-amino-alcohol motifs (C(OH)–C–C–N with tert-alkyl or cyclic N) is 1. The third kappa shape index (κ3) is 4.55. The molecule has 0 saturated carbocycles. The van der Waals surface area contributed by atoms with Crippen molar-refractivity contribution < 1.29 is 14.6 Å². The fourth-order valence-corrected chi connectivity index (χ4v) is 2.42. The predicted octanol–water partition coefficient (Wildman–Crippen LogP) is 0.328. The number of methoxy groups -OCH3 is 1. The van der Waals surface area contributed by atoms with Gasteiger partial charge in [0.1, 0.15) is 6.04 Å². The average Bonchev–Trinajstić information content (AvgIpc) is 2.41. The molecule has 18 heavy (non-hydrogen) atoms. The minimum absolute atomic E-state index is 0.0915. The molecular formula is C13H26N2O3. The highest BCUT2D eigenvalue weighted by Gasteiger charge is 2.28. The van der Waals surface area contributed by atoms with Crippen molar-refractivity contribution in [3.63, 3.8) is 0 Å². The fraction of sp³-hybridized carbons (Fsp3) is 0.923. The Morgan fingerprint density at radius 3 is 2.50 bits per heavy atom.